The SMILES string of the molecule is c1cc2c(cc1CN1CCC3NCCCC3C1)COC2. The molecular formula is C17H24N2O. The quantitative estimate of drug-likeness (QED) is 0.894. The molecule has 20 heavy (non-hydrogen) atoms. The summed E-state index contributed by atoms with van der Waals surface area (Å²) in [6, 6.07) is 7.69. The maximum atomic E-state index is 5.51. The molecule has 2 unspecified atom stereocenters. The zero-order valence-corrected chi connectivity index (χ0v) is 12.1. The Morgan fingerprint density at radius 1 is 1.20 bits per heavy atom. The van der Waals surface area contributed by atoms with Gasteiger partial charge in [0.05, 0.1) is 13.2 Å². The van der Waals surface area contributed by atoms with Crippen LogP contribution in [-0.4, -0.2) is 30.6 Å². The van der Waals surface area contributed by atoms with Crippen molar-refractivity contribution in [1.29, 1.82) is 0 Å². The highest BCUT2D eigenvalue weighted by molar-refractivity contribution is 5.33. The molecule has 0 aliphatic carbocycles. The molecule has 0 aromatic heterocycles. The minimum absolute atomic E-state index is 0.786. The largest absolute Gasteiger partial charge is 0.372 e. The number of likely N-dealkylation sites (tertiary alicyclic amines) is 1. The summed E-state index contributed by atoms with van der Waals surface area (Å²) in [5, 5.41) is 3.70. The Bertz CT molecular complexity index is 488. The molecule has 3 aliphatic heterocycles. The van der Waals surface area contributed by atoms with Crippen LogP contribution in [0.3, 0.4) is 0 Å². The second-order valence-corrected chi connectivity index (χ2v) is 6.58. The van der Waals surface area contributed by atoms with E-state index in [-0.39, 0.29) is 0 Å². The third-order valence-corrected chi connectivity index (χ3v) is 5.17. The van der Waals surface area contributed by atoms with Gasteiger partial charge in [0.1, 0.15) is 0 Å². The summed E-state index contributed by atoms with van der Waals surface area (Å²) in [7, 11) is 0. The van der Waals surface area contributed by atoms with Crippen molar-refractivity contribution < 1.29 is 4.74 Å². The van der Waals surface area contributed by atoms with Crippen molar-refractivity contribution in [2.45, 2.75) is 45.1 Å². The van der Waals surface area contributed by atoms with E-state index < -0.39 is 0 Å². The highest BCUT2D eigenvalue weighted by Gasteiger charge is 2.30. The zero-order chi connectivity index (χ0) is 13.4. The minimum atomic E-state index is 0.786. The Kier molecular flexibility index (Phi) is 3.51. The Balaban J connectivity index is 1.41. The maximum absolute atomic E-state index is 5.51. The molecule has 0 bridgehead atoms. The van der Waals surface area contributed by atoms with Gasteiger partial charge in [0, 0.05) is 19.1 Å². The lowest BCUT2D eigenvalue weighted by molar-refractivity contribution is 0.109. The summed E-state index contributed by atoms with van der Waals surface area (Å²) in [6.45, 7) is 6.45. The molecule has 1 aromatic rings. The molecule has 0 spiro atoms. The lowest BCUT2D eigenvalue weighted by Gasteiger charge is -2.41. The van der Waals surface area contributed by atoms with Gasteiger partial charge in [0.15, 0.2) is 0 Å². The third kappa shape index (κ3) is 2.50. The molecule has 0 amide bonds. The molecule has 0 saturated carbocycles. The molecule has 0 radical (unpaired) electrons. The number of hydrogen-bond acceptors (Lipinski definition) is 3. The van der Waals surface area contributed by atoms with Crippen LogP contribution >= 0.6 is 0 Å². The normalized spacial score (nSPS) is 30.0. The van der Waals surface area contributed by atoms with Gasteiger partial charge in [-0.1, -0.05) is 18.2 Å². The molecule has 3 heteroatoms. The molecule has 1 aromatic carbocycles. The molecule has 2 saturated heterocycles. The van der Waals surface area contributed by atoms with Crippen molar-refractivity contribution in [1.82, 2.24) is 10.2 Å². The Hall–Kier alpha value is -0.900. The Morgan fingerprint density at radius 3 is 3.15 bits per heavy atom. The first kappa shape index (κ1) is 12.8. The summed E-state index contributed by atoms with van der Waals surface area (Å²) in [5.74, 6) is 0.871. The van der Waals surface area contributed by atoms with E-state index in [0.717, 1.165) is 31.7 Å². The predicted octanol–water partition coefficient (Wildman–Crippen LogP) is 2.29. The molecule has 3 nitrogen and oxygen atoms in total. The molecule has 2 fully saturated rings. The average Bonchev–Trinajstić information content (AvgIpc) is 2.95. The van der Waals surface area contributed by atoms with E-state index in [2.05, 4.69) is 28.4 Å². The van der Waals surface area contributed by atoms with Crippen LogP contribution < -0.4 is 5.32 Å². The standard InChI is InChI=1S/C17H24N2O/c1-2-14-10-19(7-5-17(14)18-6-1)9-13-3-4-15-11-20-12-16(15)8-13/h3-4,8,14,17-18H,1-2,5-7,9-12H2. The molecule has 3 heterocycles. The van der Waals surface area contributed by atoms with Gasteiger partial charge >= 0.3 is 0 Å². The van der Waals surface area contributed by atoms with E-state index in [9.17, 15) is 0 Å². The van der Waals surface area contributed by atoms with E-state index in [1.54, 1.807) is 0 Å². The Labute approximate surface area is 121 Å². The highest BCUT2D eigenvalue weighted by atomic mass is 16.5. The zero-order valence-electron chi connectivity index (χ0n) is 12.1. The van der Waals surface area contributed by atoms with Crippen LogP contribution in [0, 0.1) is 5.92 Å². The van der Waals surface area contributed by atoms with Gasteiger partial charge in [-0.25, -0.2) is 0 Å². The lowest BCUT2D eigenvalue weighted by Crippen LogP contribution is -2.51. The molecule has 1 N–H and O–H groups in total. The van der Waals surface area contributed by atoms with E-state index in [1.807, 2.05) is 0 Å². The number of fused-ring (bicyclic) bond motifs is 2. The van der Waals surface area contributed by atoms with Crippen LogP contribution in [0.1, 0.15) is 36.0 Å². The van der Waals surface area contributed by atoms with Crippen molar-refractivity contribution >= 4 is 0 Å². The first-order valence-electron chi connectivity index (χ1n) is 8.03. The lowest BCUT2D eigenvalue weighted by atomic mass is 9.85. The Morgan fingerprint density at radius 2 is 2.15 bits per heavy atom. The van der Waals surface area contributed by atoms with Gasteiger partial charge in [0.2, 0.25) is 0 Å². The average molecular weight is 272 g/mol. The maximum Gasteiger partial charge on any atom is 0.0725 e. The van der Waals surface area contributed by atoms with E-state index in [1.165, 1.54) is 55.6 Å². The number of ether oxygens (including phenoxy) is 1. The van der Waals surface area contributed by atoms with Crippen LogP contribution in [0.2, 0.25) is 0 Å². The van der Waals surface area contributed by atoms with Crippen molar-refractivity contribution in [3.8, 4) is 0 Å². The third-order valence-electron chi connectivity index (χ3n) is 5.17. The second-order valence-electron chi connectivity index (χ2n) is 6.58. The van der Waals surface area contributed by atoms with Crippen molar-refractivity contribution in [3.05, 3.63) is 34.9 Å². The fraction of sp³-hybridized carbons (Fsp3) is 0.647. The van der Waals surface area contributed by atoms with Crippen LogP contribution in [0.25, 0.3) is 0 Å². The number of hydrogen-bond donors (Lipinski definition) is 1. The van der Waals surface area contributed by atoms with Gasteiger partial charge in [-0.2, -0.15) is 0 Å². The summed E-state index contributed by atoms with van der Waals surface area (Å²) in [6.07, 6.45) is 4.08. The first-order chi connectivity index (χ1) is 9.88. The number of nitrogens with zero attached hydrogens (tertiary/aromatic N) is 1. The molecule has 108 valence electrons. The number of nitrogens with one attached hydrogen (secondary N) is 1. The molecule has 3 aliphatic rings. The van der Waals surface area contributed by atoms with Gasteiger partial charge < -0.3 is 10.1 Å². The van der Waals surface area contributed by atoms with Crippen LogP contribution in [0.5, 0.6) is 0 Å². The van der Waals surface area contributed by atoms with Gasteiger partial charge in [-0.15, -0.1) is 0 Å². The molecule has 2 atom stereocenters. The summed E-state index contributed by atoms with van der Waals surface area (Å²) in [4.78, 5) is 2.64. The van der Waals surface area contributed by atoms with Crippen molar-refractivity contribution in [2.24, 2.45) is 5.92 Å². The molecular weight excluding hydrogens is 248 g/mol. The number of benzene rings is 1. The van der Waals surface area contributed by atoms with Crippen molar-refractivity contribution in [3.63, 3.8) is 0 Å². The summed E-state index contributed by atoms with van der Waals surface area (Å²) >= 11 is 0. The van der Waals surface area contributed by atoms with Crippen LogP contribution in [0.15, 0.2) is 18.2 Å². The molecule has 4 rings (SSSR count). The van der Waals surface area contributed by atoms with Crippen molar-refractivity contribution in [2.75, 3.05) is 19.6 Å². The van der Waals surface area contributed by atoms with Crippen LogP contribution in [0.4, 0.5) is 0 Å². The van der Waals surface area contributed by atoms with Gasteiger partial charge in [0.25, 0.3) is 0 Å². The number of rotatable bonds is 2. The summed E-state index contributed by atoms with van der Waals surface area (Å²) in [5.41, 5.74) is 4.23. The first-order valence-corrected chi connectivity index (χ1v) is 8.03. The highest BCUT2D eigenvalue weighted by Crippen LogP contribution is 2.27. The van der Waals surface area contributed by atoms with E-state index in [4.69, 9.17) is 4.74 Å². The van der Waals surface area contributed by atoms with Gasteiger partial charge in [-0.3, -0.25) is 4.90 Å². The number of piperidine rings is 2. The van der Waals surface area contributed by atoms with E-state index >= 15 is 0 Å². The minimum Gasteiger partial charge on any atom is -0.372 e. The fourth-order valence-electron chi connectivity index (χ4n) is 4.05. The predicted molar refractivity (Wildman–Crippen MR) is 79.3 cm³/mol. The smallest absolute Gasteiger partial charge is 0.0725 e. The monoisotopic (exact) mass is 272 g/mol. The van der Waals surface area contributed by atoms with Gasteiger partial charge in [-0.05, 0) is 55.0 Å². The second kappa shape index (κ2) is 5.47. The fourth-order valence-corrected chi connectivity index (χ4v) is 4.05. The van der Waals surface area contributed by atoms with E-state index in [0.29, 0.717) is 0 Å². The topological polar surface area (TPSA) is 24.5 Å². The summed E-state index contributed by atoms with van der Waals surface area (Å²) < 4.78 is 5.51. The van der Waals surface area contributed by atoms with Crippen LogP contribution in [-0.2, 0) is 24.5 Å².